The number of amides is 2. The van der Waals surface area contributed by atoms with E-state index in [9.17, 15) is 19.5 Å². The van der Waals surface area contributed by atoms with Gasteiger partial charge in [-0.1, -0.05) is 0 Å². The first-order valence-corrected chi connectivity index (χ1v) is 6.73. The van der Waals surface area contributed by atoms with Crippen LogP contribution >= 0.6 is 0 Å². The molecule has 8 heteroatoms. The Kier molecular flexibility index (Phi) is 8.49. The van der Waals surface area contributed by atoms with Gasteiger partial charge in [0.2, 0.25) is 5.91 Å². The molecule has 0 aromatic heterocycles. The van der Waals surface area contributed by atoms with Crippen molar-refractivity contribution in [3.63, 3.8) is 0 Å². The highest BCUT2D eigenvalue weighted by Gasteiger charge is 2.21. The van der Waals surface area contributed by atoms with Crippen molar-refractivity contribution in [3.8, 4) is 0 Å². The van der Waals surface area contributed by atoms with Crippen molar-refractivity contribution in [2.75, 3.05) is 6.54 Å². The molecule has 2 amide bonds. The molecule has 0 aromatic carbocycles. The Balaban J connectivity index is 4.37. The summed E-state index contributed by atoms with van der Waals surface area (Å²) < 4.78 is 0. The van der Waals surface area contributed by atoms with Gasteiger partial charge in [0, 0.05) is 0 Å². The van der Waals surface area contributed by atoms with E-state index in [1.54, 1.807) is 6.92 Å². The topological polar surface area (TPSA) is 154 Å². The molecule has 0 radical (unpaired) electrons. The van der Waals surface area contributed by atoms with Crippen LogP contribution in [-0.2, 0) is 14.4 Å². The third kappa shape index (κ3) is 7.05. The molecule has 3 atom stereocenters. The van der Waals surface area contributed by atoms with Crippen LogP contribution in [0.4, 0.5) is 0 Å². The largest absolute Gasteiger partial charge is 0.548 e. The summed E-state index contributed by atoms with van der Waals surface area (Å²) in [5.41, 5.74) is 7.20. The lowest BCUT2D eigenvalue weighted by molar-refractivity contribution is -0.398. The molecule has 0 aliphatic carbocycles. The van der Waals surface area contributed by atoms with E-state index >= 15 is 0 Å². The first-order chi connectivity index (χ1) is 9.29. The molecule has 0 rings (SSSR count). The van der Waals surface area contributed by atoms with Crippen molar-refractivity contribution >= 4 is 17.8 Å². The lowest BCUT2D eigenvalue weighted by atomic mass is 10.1. The van der Waals surface area contributed by atoms with E-state index in [4.69, 9.17) is 0 Å². The Labute approximate surface area is 118 Å². The Hall–Kier alpha value is -1.67. The van der Waals surface area contributed by atoms with Crippen LogP contribution in [0.25, 0.3) is 0 Å². The molecule has 0 saturated heterocycles. The van der Waals surface area contributed by atoms with E-state index in [1.807, 2.05) is 0 Å². The summed E-state index contributed by atoms with van der Waals surface area (Å²) in [6.45, 7) is 3.79. The Morgan fingerprint density at radius 3 is 2.15 bits per heavy atom. The van der Waals surface area contributed by atoms with Gasteiger partial charge in [0.15, 0.2) is 6.04 Å². The van der Waals surface area contributed by atoms with Gasteiger partial charge in [-0.2, -0.15) is 0 Å². The van der Waals surface area contributed by atoms with Crippen LogP contribution in [0.3, 0.4) is 0 Å². The number of unbranched alkanes of at least 4 members (excludes halogenated alkanes) is 1. The van der Waals surface area contributed by atoms with Crippen molar-refractivity contribution < 1.29 is 31.0 Å². The van der Waals surface area contributed by atoms with Gasteiger partial charge in [0.25, 0.3) is 5.91 Å². The first-order valence-electron chi connectivity index (χ1n) is 6.73. The summed E-state index contributed by atoms with van der Waals surface area (Å²) in [4.78, 5) is 34.1. The van der Waals surface area contributed by atoms with E-state index < -0.39 is 30.0 Å². The maximum atomic E-state index is 11.8. The zero-order chi connectivity index (χ0) is 15.7. The van der Waals surface area contributed by atoms with Crippen LogP contribution in [0.1, 0.15) is 33.1 Å². The van der Waals surface area contributed by atoms with Gasteiger partial charge in [-0.15, -0.1) is 0 Å². The number of carboxylic acids is 1. The monoisotopic (exact) mass is 289 g/mol. The Morgan fingerprint density at radius 1 is 1.10 bits per heavy atom. The maximum absolute atomic E-state index is 11.8. The molecule has 0 aliphatic heterocycles. The Bertz CT molecular complexity index is 346. The molecule has 0 saturated carbocycles. The molecular weight excluding hydrogens is 264 g/mol. The number of carbonyl (C=O) groups is 3. The van der Waals surface area contributed by atoms with Gasteiger partial charge >= 0.3 is 0 Å². The highest BCUT2D eigenvalue weighted by Crippen LogP contribution is 2.00. The first kappa shape index (κ1) is 18.3. The maximum Gasteiger partial charge on any atom is 0.278 e. The van der Waals surface area contributed by atoms with E-state index in [2.05, 4.69) is 22.1 Å². The Morgan fingerprint density at radius 2 is 1.70 bits per heavy atom. The number of nitrogens with one attached hydrogen (secondary N) is 2. The van der Waals surface area contributed by atoms with Crippen LogP contribution in [-0.4, -0.2) is 42.5 Å². The molecule has 0 heterocycles. The van der Waals surface area contributed by atoms with Crippen molar-refractivity contribution in [3.05, 3.63) is 0 Å². The molecule has 0 spiro atoms. The van der Waals surface area contributed by atoms with Crippen LogP contribution in [0, 0.1) is 0 Å². The fraction of sp³-hybridized carbons (Fsp3) is 0.750. The minimum absolute atomic E-state index is 0.288. The van der Waals surface area contributed by atoms with Crippen molar-refractivity contribution in [2.45, 2.75) is 51.2 Å². The number of rotatable bonds is 9. The number of hydrogen-bond donors (Lipinski definition) is 4. The average molecular weight is 289 g/mol. The molecule has 0 bridgehead atoms. The molecular formula is C12H25N4O4+. The van der Waals surface area contributed by atoms with Crippen molar-refractivity contribution in [2.24, 2.45) is 0 Å². The second kappa shape index (κ2) is 9.27. The predicted molar refractivity (Wildman–Crippen MR) is 68.5 cm³/mol. The molecule has 0 aromatic rings. The third-order valence-electron chi connectivity index (χ3n) is 2.79. The fourth-order valence-corrected chi connectivity index (χ4v) is 1.49. The summed E-state index contributed by atoms with van der Waals surface area (Å²) in [5.74, 6) is -2.25. The second-order valence-electron chi connectivity index (χ2n) is 4.86. The highest BCUT2D eigenvalue weighted by molar-refractivity contribution is 5.90. The summed E-state index contributed by atoms with van der Waals surface area (Å²) in [7, 11) is 0. The van der Waals surface area contributed by atoms with Crippen LogP contribution < -0.4 is 27.2 Å². The summed E-state index contributed by atoms with van der Waals surface area (Å²) >= 11 is 0. The second-order valence-corrected chi connectivity index (χ2v) is 4.86. The standard InChI is InChI=1S/C12H24N4O4/c1-7(14)10(17)15-8(2)11(18)16-9(12(19)20)5-3-4-6-13/h7-9H,3-6,13-14H2,1-2H3,(H,15,17)(H,16,18)(H,19,20)/p+1/t7-,8-,9-/m0/s1. The molecule has 0 aliphatic rings. The molecule has 20 heavy (non-hydrogen) atoms. The van der Waals surface area contributed by atoms with Gasteiger partial charge in [0.1, 0.15) is 6.04 Å². The number of carbonyl (C=O) groups excluding carboxylic acids is 3. The van der Waals surface area contributed by atoms with E-state index in [-0.39, 0.29) is 12.3 Å². The molecule has 0 fully saturated rings. The van der Waals surface area contributed by atoms with Gasteiger partial charge in [-0.05, 0) is 33.1 Å². The predicted octanol–water partition coefficient (Wildman–Crippen LogP) is -4.23. The SMILES string of the molecule is C[C@H]([NH3+])C(=O)N[C@@H](C)C(=O)N[C@@H](CCCC[NH3+])C(=O)[O-]. The normalized spacial score (nSPS) is 15.0. The lowest BCUT2D eigenvalue weighted by Crippen LogP contribution is -2.67. The van der Waals surface area contributed by atoms with E-state index in [0.717, 1.165) is 6.42 Å². The number of hydrogen-bond acceptors (Lipinski definition) is 4. The smallest absolute Gasteiger partial charge is 0.278 e. The van der Waals surface area contributed by atoms with Crippen LogP contribution in [0.2, 0.25) is 0 Å². The number of carboxylic acid groups (broad SMARTS) is 1. The molecule has 0 unspecified atom stereocenters. The van der Waals surface area contributed by atoms with Crippen molar-refractivity contribution in [1.82, 2.24) is 10.6 Å². The van der Waals surface area contributed by atoms with Crippen LogP contribution in [0.5, 0.6) is 0 Å². The fourth-order valence-electron chi connectivity index (χ4n) is 1.49. The molecule has 8 N–H and O–H groups in total. The highest BCUT2D eigenvalue weighted by atomic mass is 16.4. The summed E-state index contributed by atoms with van der Waals surface area (Å²) in [6.07, 6.45) is 1.71. The van der Waals surface area contributed by atoms with Gasteiger partial charge in [-0.25, -0.2) is 0 Å². The van der Waals surface area contributed by atoms with E-state index in [1.165, 1.54) is 6.92 Å². The minimum atomic E-state index is -1.33. The van der Waals surface area contributed by atoms with E-state index in [0.29, 0.717) is 13.0 Å². The summed E-state index contributed by atoms with van der Waals surface area (Å²) in [5, 5.41) is 15.8. The molecule has 116 valence electrons. The average Bonchev–Trinajstić information content (AvgIpc) is 2.36. The third-order valence-corrected chi connectivity index (χ3v) is 2.79. The zero-order valence-corrected chi connectivity index (χ0v) is 12.1. The van der Waals surface area contributed by atoms with Gasteiger partial charge in [0.05, 0.1) is 18.6 Å². The van der Waals surface area contributed by atoms with Gasteiger partial charge < -0.3 is 32.0 Å². The zero-order valence-electron chi connectivity index (χ0n) is 12.1. The minimum Gasteiger partial charge on any atom is -0.548 e. The van der Waals surface area contributed by atoms with Crippen molar-refractivity contribution in [1.29, 1.82) is 0 Å². The quantitative estimate of drug-likeness (QED) is 0.317. The lowest BCUT2D eigenvalue weighted by Gasteiger charge is -2.22. The number of aliphatic carboxylic acids is 1. The summed E-state index contributed by atoms with van der Waals surface area (Å²) in [6, 6.07) is -2.36. The molecule has 8 nitrogen and oxygen atoms in total. The number of quaternary nitrogens is 2. The van der Waals surface area contributed by atoms with Crippen LogP contribution in [0.15, 0.2) is 0 Å². The van der Waals surface area contributed by atoms with Gasteiger partial charge in [-0.3, -0.25) is 9.59 Å².